The van der Waals surface area contributed by atoms with E-state index < -0.39 is 0 Å². The van der Waals surface area contributed by atoms with Crippen LogP contribution in [0.15, 0.2) is 41.0 Å². The Morgan fingerprint density at radius 3 is 2.53 bits per heavy atom. The van der Waals surface area contributed by atoms with Crippen LogP contribution in [0.1, 0.15) is 17.2 Å². The predicted molar refractivity (Wildman–Crippen MR) is 73.8 cm³/mol. The fourth-order valence-corrected chi connectivity index (χ4v) is 1.99. The Bertz CT molecular complexity index is 528. The second-order valence-electron chi connectivity index (χ2n) is 3.66. The maximum Gasteiger partial charge on any atom is 0.128 e. The third kappa shape index (κ3) is 2.77. The van der Waals surface area contributed by atoms with E-state index in [0.29, 0.717) is 10.8 Å². The standard InChI is InChI=1S/C12H11BrClN3/c13-8-3-1-7(2-4-8)11(15)10-5-9(14)6-17-12(10)16/h1-6,11H,15H2,(H2,16,17). The lowest BCUT2D eigenvalue weighted by Crippen LogP contribution is -2.14. The minimum absolute atomic E-state index is 0.325. The summed E-state index contributed by atoms with van der Waals surface area (Å²) in [6.07, 6.45) is 1.51. The molecule has 0 aliphatic carbocycles. The van der Waals surface area contributed by atoms with Gasteiger partial charge < -0.3 is 11.5 Å². The number of halogens is 2. The van der Waals surface area contributed by atoms with Gasteiger partial charge in [0.15, 0.2) is 0 Å². The van der Waals surface area contributed by atoms with Crippen LogP contribution in [0.5, 0.6) is 0 Å². The molecule has 88 valence electrons. The monoisotopic (exact) mass is 311 g/mol. The van der Waals surface area contributed by atoms with Crippen molar-refractivity contribution in [3.8, 4) is 0 Å². The minimum atomic E-state index is -0.325. The summed E-state index contributed by atoms with van der Waals surface area (Å²) in [5.41, 5.74) is 13.6. The van der Waals surface area contributed by atoms with Crippen LogP contribution < -0.4 is 11.5 Å². The molecule has 5 heteroatoms. The van der Waals surface area contributed by atoms with Gasteiger partial charge in [-0.25, -0.2) is 4.98 Å². The van der Waals surface area contributed by atoms with Crippen LogP contribution in [-0.2, 0) is 0 Å². The Morgan fingerprint density at radius 2 is 1.88 bits per heavy atom. The van der Waals surface area contributed by atoms with Gasteiger partial charge in [-0.3, -0.25) is 0 Å². The lowest BCUT2D eigenvalue weighted by Gasteiger charge is -2.14. The van der Waals surface area contributed by atoms with Crippen LogP contribution in [0.3, 0.4) is 0 Å². The summed E-state index contributed by atoms with van der Waals surface area (Å²) >= 11 is 9.27. The number of hydrogen-bond donors (Lipinski definition) is 2. The van der Waals surface area contributed by atoms with Crippen molar-refractivity contribution in [2.45, 2.75) is 6.04 Å². The Kier molecular flexibility index (Phi) is 3.66. The summed E-state index contributed by atoms with van der Waals surface area (Å²) in [6, 6.07) is 9.17. The highest BCUT2D eigenvalue weighted by atomic mass is 79.9. The summed E-state index contributed by atoms with van der Waals surface area (Å²) in [5.74, 6) is 0.407. The summed E-state index contributed by atoms with van der Waals surface area (Å²) in [6.45, 7) is 0. The zero-order valence-electron chi connectivity index (χ0n) is 8.90. The zero-order valence-corrected chi connectivity index (χ0v) is 11.2. The molecule has 0 fully saturated rings. The topological polar surface area (TPSA) is 64.9 Å². The molecule has 4 N–H and O–H groups in total. The molecule has 1 aromatic carbocycles. The van der Waals surface area contributed by atoms with Crippen LogP contribution in [0.25, 0.3) is 0 Å². The van der Waals surface area contributed by atoms with Crippen molar-refractivity contribution >= 4 is 33.3 Å². The summed E-state index contributed by atoms with van der Waals surface area (Å²) in [7, 11) is 0. The van der Waals surface area contributed by atoms with E-state index in [0.717, 1.165) is 15.6 Å². The first kappa shape index (κ1) is 12.4. The molecule has 1 aromatic heterocycles. The summed E-state index contributed by atoms with van der Waals surface area (Å²) < 4.78 is 1.01. The fourth-order valence-electron chi connectivity index (χ4n) is 1.56. The SMILES string of the molecule is Nc1ncc(Cl)cc1C(N)c1ccc(Br)cc1. The Morgan fingerprint density at radius 1 is 1.24 bits per heavy atom. The van der Waals surface area contributed by atoms with E-state index in [9.17, 15) is 0 Å². The Balaban J connectivity index is 2.39. The number of anilines is 1. The number of hydrogen-bond acceptors (Lipinski definition) is 3. The highest BCUT2D eigenvalue weighted by molar-refractivity contribution is 9.10. The van der Waals surface area contributed by atoms with Crippen LogP contribution >= 0.6 is 27.5 Å². The van der Waals surface area contributed by atoms with Gasteiger partial charge in [-0.1, -0.05) is 39.7 Å². The van der Waals surface area contributed by atoms with Crippen molar-refractivity contribution in [2.75, 3.05) is 5.73 Å². The molecule has 0 aliphatic rings. The van der Waals surface area contributed by atoms with Crippen LogP contribution in [-0.4, -0.2) is 4.98 Å². The smallest absolute Gasteiger partial charge is 0.128 e. The van der Waals surface area contributed by atoms with Gasteiger partial charge in [0.25, 0.3) is 0 Å². The third-order valence-corrected chi connectivity index (χ3v) is 3.22. The van der Waals surface area contributed by atoms with Crippen molar-refractivity contribution in [1.29, 1.82) is 0 Å². The molecule has 1 heterocycles. The first-order valence-corrected chi connectivity index (χ1v) is 6.17. The van der Waals surface area contributed by atoms with E-state index >= 15 is 0 Å². The quantitative estimate of drug-likeness (QED) is 0.895. The highest BCUT2D eigenvalue weighted by Crippen LogP contribution is 2.26. The fraction of sp³-hybridized carbons (Fsp3) is 0.0833. The molecule has 0 radical (unpaired) electrons. The lowest BCUT2D eigenvalue weighted by molar-refractivity contribution is 0.867. The summed E-state index contributed by atoms with van der Waals surface area (Å²) in [5, 5.41) is 0.529. The number of pyridine rings is 1. The largest absolute Gasteiger partial charge is 0.383 e. The molecular weight excluding hydrogens is 302 g/mol. The molecule has 17 heavy (non-hydrogen) atoms. The predicted octanol–water partition coefficient (Wildman–Crippen LogP) is 3.13. The van der Waals surface area contributed by atoms with E-state index in [4.69, 9.17) is 23.1 Å². The van der Waals surface area contributed by atoms with E-state index in [1.165, 1.54) is 6.20 Å². The number of benzene rings is 1. The first-order chi connectivity index (χ1) is 8.08. The summed E-state index contributed by atoms with van der Waals surface area (Å²) in [4.78, 5) is 4.00. The Hall–Kier alpha value is -1.10. The van der Waals surface area contributed by atoms with Crippen molar-refractivity contribution in [2.24, 2.45) is 5.73 Å². The van der Waals surface area contributed by atoms with E-state index in [1.807, 2.05) is 24.3 Å². The maximum absolute atomic E-state index is 6.14. The Labute approximate surface area is 113 Å². The highest BCUT2D eigenvalue weighted by Gasteiger charge is 2.13. The average molecular weight is 313 g/mol. The first-order valence-electron chi connectivity index (χ1n) is 5.00. The maximum atomic E-state index is 6.14. The van der Waals surface area contributed by atoms with Gasteiger partial charge in [0.05, 0.1) is 11.1 Å². The van der Waals surface area contributed by atoms with Crippen molar-refractivity contribution < 1.29 is 0 Å². The van der Waals surface area contributed by atoms with Crippen LogP contribution in [0, 0.1) is 0 Å². The van der Waals surface area contributed by atoms with Crippen molar-refractivity contribution in [1.82, 2.24) is 4.98 Å². The molecule has 2 rings (SSSR count). The normalized spacial score (nSPS) is 12.4. The molecule has 3 nitrogen and oxygen atoms in total. The molecule has 1 atom stereocenters. The molecular formula is C12H11BrClN3. The van der Waals surface area contributed by atoms with Gasteiger partial charge in [0.1, 0.15) is 5.82 Å². The number of aromatic nitrogens is 1. The van der Waals surface area contributed by atoms with Gasteiger partial charge >= 0.3 is 0 Å². The molecule has 0 bridgehead atoms. The van der Waals surface area contributed by atoms with E-state index in [1.54, 1.807) is 6.07 Å². The van der Waals surface area contributed by atoms with Gasteiger partial charge in [-0.05, 0) is 23.8 Å². The van der Waals surface area contributed by atoms with Crippen LogP contribution in [0.4, 0.5) is 5.82 Å². The second kappa shape index (κ2) is 5.04. The number of nitrogen functional groups attached to an aromatic ring is 1. The third-order valence-electron chi connectivity index (χ3n) is 2.48. The average Bonchev–Trinajstić information content (AvgIpc) is 2.32. The van der Waals surface area contributed by atoms with Gasteiger partial charge in [0, 0.05) is 16.2 Å². The molecule has 0 saturated heterocycles. The van der Waals surface area contributed by atoms with Crippen LogP contribution in [0.2, 0.25) is 5.02 Å². The van der Waals surface area contributed by atoms with Crippen molar-refractivity contribution in [3.63, 3.8) is 0 Å². The molecule has 1 unspecified atom stereocenters. The van der Waals surface area contributed by atoms with E-state index in [-0.39, 0.29) is 6.04 Å². The van der Waals surface area contributed by atoms with Gasteiger partial charge in [-0.2, -0.15) is 0 Å². The van der Waals surface area contributed by atoms with Gasteiger partial charge in [0.2, 0.25) is 0 Å². The number of rotatable bonds is 2. The van der Waals surface area contributed by atoms with Crippen molar-refractivity contribution in [3.05, 3.63) is 57.2 Å². The molecule has 0 spiro atoms. The number of nitrogens with two attached hydrogens (primary N) is 2. The zero-order chi connectivity index (χ0) is 12.4. The lowest BCUT2D eigenvalue weighted by atomic mass is 10.0. The molecule has 0 saturated carbocycles. The van der Waals surface area contributed by atoms with E-state index in [2.05, 4.69) is 20.9 Å². The molecule has 0 amide bonds. The minimum Gasteiger partial charge on any atom is -0.383 e. The number of nitrogens with zero attached hydrogens (tertiary/aromatic N) is 1. The van der Waals surface area contributed by atoms with Gasteiger partial charge in [-0.15, -0.1) is 0 Å². The molecule has 2 aromatic rings. The second-order valence-corrected chi connectivity index (χ2v) is 5.01. The molecule has 0 aliphatic heterocycles.